The molecule has 0 aromatic rings. The molecule has 42 heavy (non-hydrogen) atoms. The molecule has 2 aliphatic rings. The molecule has 0 amide bonds. The molecule has 0 saturated carbocycles. The van der Waals surface area contributed by atoms with Crippen LogP contribution in [0.4, 0.5) is 0 Å². The third-order valence-electron chi connectivity index (χ3n) is 10.9. The Kier molecular flexibility index (Phi) is 22.8. The Morgan fingerprint density at radius 2 is 0.952 bits per heavy atom. The van der Waals surface area contributed by atoms with E-state index < -0.39 is 0 Å². The van der Waals surface area contributed by atoms with Crippen LogP contribution in [-0.2, 0) is 0 Å². The fourth-order valence-corrected chi connectivity index (χ4v) is 7.94. The highest BCUT2D eigenvalue weighted by Gasteiger charge is 2.44. The van der Waals surface area contributed by atoms with E-state index in [-0.39, 0.29) is 0 Å². The second-order valence-electron chi connectivity index (χ2n) is 15.0. The fourth-order valence-electron chi connectivity index (χ4n) is 7.94. The van der Waals surface area contributed by atoms with Gasteiger partial charge < -0.3 is 15.1 Å². The average molecular weight is 590 g/mol. The lowest BCUT2D eigenvalue weighted by Crippen LogP contribution is -2.61. The predicted molar refractivity (Wildman–Crippen MR) is 189 cm³/mol. The Hall–Kier alpha value is -0.120. The summed E-state index contributed by atoms with van der Waals surface area (Å²) in [6, 6.07) is 0.758. The summed E-state index contributed by atoms with van der Waals surface area (Å²) in [6.45, 7) is 18.7. The van der Waals surface area contributed by atoms with Gasteiger partial charge in [0.2, 0.25) is 0 Å². The molecule has 0 radical (unpaired) electrons. The van der Waals surface area contributed by atoms with Gasteiger partial charge >= 0.3 is 0 Å². The van der Waals surface area contributed by atoms with E-state index in [1.807, 2.05) is 0 Å². The van der Waals surface area contributed by atoms with Crippen molar-refractivity contribution >= 4 is 0 Å². The molecule has 2 fully saturated rings. The van der Waals surface area contributed by atoms with E-state index >= 15 is 0 Å². The zero-order valence-corrected chi connectivity index (χ0v) is 29.7. The Morgan fingerprint density at radius 3 is 1.43 bits per heavy atom. The van der Waals surface area contributed by atoms with Gasteiger partial charge in [0, 0.05) is 38.8 Å². The van der Waals surface area contributed by atoms with Crippen molar-refractivity contribution < 1.29 is 0 Å². The molecule has 1 unspecified atom stereocenters. The van der Waals surface area contributed by atoms with E-state index in [0.29, 0.717) is 5.41 Å². The molecule has 3 heteroatoms. The Bertz CT molecular complexity index is 562. The SMILES string of the molecule is CCCCCCCC(CCCCCC)CN1CCC2(CC1)CN(CCNC(CCCCCCC)CCCCCCC)C2. The van der Waals surface area contributed by atoms with Gasteiger partial charge in [-0.15, -0.1) is 0 Å². The third kappa shape index (κ3) is 17.4. The molecule has 2 aliphatic heterocycles. The molecule has 1 spiro atoms. The largest absolute Gasteiger partial charge is 0.313 e. The van der Waals surface area contributed by atoms with Gasteiger partial charge in [0.15, 0.2) is 0 Å². The van der Waals surface area contributed by atoms with Crippen LogP contribution >= 0.6 is 0 Å². The summed E-state index contributed by atoms with van der Waals surface area (Å²) in [4.78, 5) is 5.65. The molecular weight excluding hydrogens is 510 g/mol. The molecule has 1 atom stereocenters. The zero-order chi connectivity index (χ0) is 30.1. The molecule has 250 valence electrons. The summed E-state index contributed by atoms with van der Waals surface area (Å²) < 4.78 is 0. The predicted octanol–water partition coefficient (Wildman–Crippen LogP) is 11.0. The lowest BCUT2D eigenvalue weighted by molar-refractivity contribution is -0.0481. The summed E-state index contributed by atoms with van der Waals surface area (Å²) in [6.07, 6.45) is 35.7. The minimum Gasteiger partial charge on any atom is -0.313 e. The van der Waals surface area contributed by atoms with Gasteiger partial charge in [-0.05, 0) is 62.9 Å². The van der Waals surface area contributed by atoms with Crippen LogP contribution in [0.2, 0.25) is 0 Å². The summed E-state index contributed by atoms with van der Waals surface area (Å²) in [5.74, 6) is 0.952. The van der Waals surface area contributed by atoms with Crippen LogP contribution in [0.3, 0.4) is 0 Å². The molecular formula is C39H79N3. The molecule has 0 bridgehead atoms. The first kappa shape index (κ1) is 38.1. The van der Waals surface area contributed by atoms with Crippen molar-refractivity contribution in [2.45, 2.75) is 194 Å². The van der Waals surface area contributed by atoms with E-state index in [0.717, 1.165) is 12.0 Å². The lowest BCUT2D eigenvalue weighted by Gasteiger charge is -2.54. The number of rotatable bonds is 29. The van der Waals surface area contributed by atoms with Crippen molar-refractivity contribution in [2.75, 3.05) is 45.8 Å². The van der Waals surface area contributed by atoms with E-state index in [4.69, 9.17) is 0 Å². The minimum absolute atomic E-state index is 0.658. The van der Waals surface area contributed by atoms with Crippen LogP contribution < -0.4 is 5.32 Å². The highest BCUT2D eigenvalue weighted by molar-refractivity contribution is 4.98. The van der Waals surface area contributed by atoms with Gasteiger partial charge in [-0.3, -0.25) is 0 Å². The van der Waals surface area contributed by atoms with Gasteiger partial charge in [0.1, 0.15) is 0 Å². The van der Waals surface area contributed by atoms with Crippen LogP contribution in [0.15, 0.2) is 0 Å². The van der Waals surface area contributed by atoms with Crippen molar-refractivity contribution in [3.8, 4) is 0 Å². The van der Waals surface area contributed by atoms with Gasteiger partial charge in [-0.2, -0.15) is 0 Å². The van der Waals surface area contributed by atoms with E-state index in [2.05, 4.69) is 42.8 Å². The normalized spacial score (nSPS) is 18.2. The number of likely N-dealkylation sites (tertiary alicyclic amines) is 2. The van der Waals surface area contributed by atoms with Crippen molar-refractivity contribution in [3.63, 3.8) is 0 Å². The fraction of sp³-hybridized carbons (Fsp3) is 1.00. The smallest absolute Gasteiger partial charge is 0.0107 e. The van der Waals surface area contributed by atoms with Gasteiger partial charge in [0.05, 0.1) is 0 Å². The number of hydrogen-bond acceptors (Lipinski definition) is 3. The van der Waals surface area contributed by atoms with Crippen LogP contribution in [0, 0.1) is 11.3 Å². The van der Waals surface area contributed by atoms with Crippen LogP contribution in [0.25, 0.3) is 0 Å². The lowest BCUT2D eigenvalue weighted by atomic mass is 9.72. The van der Waals surface area contributed by atoms with Crippen molar-refractivity contribution in [2.24, 2.45) is 11.3 Å². The molecule has 3 nitrogen and oxygen atoms in total. The first-order valence-electron chi connectivity index (χ1n) is 19.8. The van der Waals surface area contributed by atoms with Crippen molar-refractivity contribution in [3.05, 3.63) is 0 Å². The second-order valence-corrected chi connectivity index (χ2v) is 15.0. The maximum absolute atomic E-state index is 4.02. The number of unbranched alkanes of at least 4 members (excludes halogenated alkanes) is 15. The van der Waals surface area contributed by atoms with E-state index in [1.54, 1.807) is 0 Å². The number of hydrogen-bond donors (Lipinski definition) is 1. The molecule has 2 heterocycles. The summed E-state index contributed by atoms with van der Waals surface area (Å²) in [5.41, 5.74) is 0.658. The first-order chi connectivity index (χ1) is 20.6. The van der Waals surface area contributed by atoms with Gasteiger partial charge in [-0.25, -0.2) is 0 Å². The molecule has 1 N–H and O–H groups in total. The topological polar surface area (TPSA) is 18.5 Å². The van der Waals surface area contributed by atoms with Crippen molar-refractivity contribution in [1.29, 1.82) is 0 Å². The molecule has 2 rings (SSSR count). The second kappa shape index (κ2) is 25.1. The molecule has 0 aromatic carbocycles. The monoisotopic (exact) mass is 590 g/mol. The molecule has 0 aromatic heterocycles. The Labute approximate surface area is 266 Å². The Morgan fingerprint density at radius 1 is 0.524 bits per heavy atom. The number of piperidine rings is 1. The van der Waals surface area contributed by atoms with Crippen molar-refractivity contribution in [1.82, 2.24) is 15.1 Å². The zero-order valence-electron chi connectivity index (χ0n) is 29.7. The Balaban J connectivity index is 1.64. The number of nitrogens with one attached hydrogen (secondary N) is 1. The van der Waals surface area contributed by atoms with Gasteiger partial charge in [-0.1, -0.05) is 150 Å². The van der Waals surface area contributed by atoms with E-state index in [1.165, 1.54) is 206 Å². The highest BCUT2D eigenvalue weighted by atomic mass is 15.2. The molecule has 0 aliphatic carbocycles. The quantitative estimate of drug-likeness (QED) is 0.0875. The summed E-state index contributed by atoms with van der Waals surface area (Å²) >= 11 is 0. The summed E-state index contributed by atoms with van der Waals surface area (Å²) in [7, 11) is 0. The van der Waals surface area contributed by atoms with E-state index in [9.17, 15) is 0 Å². The first-order valence-corrected chi connectivity index (χ1v) is 19.8. The third-order valence-corrected chi connectivity index (χ3v) is 10.9. The van der Waals surface area contributed by atoms with Crippen LogP contribution in [0.5, 0.6) is 0 Å². The summed E-state index contributed by atoms with van der Waals surface area (Å²) in [5, 5.41) is 4.02. The molecule has 2 saturated heterocycles. The average Bonchev–Trinajstić information content (AvgIpc) is 2.98. The van der Waals surface area contributed by atoms with Gasteiger partial charge in [0.25, 0.3) is 0 Å². The maximum Gasteiger partial charge on any atom is 0.0107 e. The standard InChI is InChI=1S/C39H79N3/c1-5-9-13-17-21-25-37(24-20-16-12-8-4)34-41-31-28-39(29-32-41)35-42(36-39)33-30-40-38(26-22-18-14-10-6-2)27-23-19-15-11-7-3/h37-38,40H,5-36H2,1-4H3. The van der Waals surface area contributed by atoms with Crippen LogP contribution in [0.1, 0.15) is 188 Å². The van der Waals surface area contributed by atoms with Crippen LogP contribution in [-0.4, -0.2) is 61.7 Å². The highest BCUT2D eigenvalue weighted by Crippen LogP contribution is 2.40. The minimum atomic E-state index is 0.658. The number of nitrogens with zero attached hydrogens (tertiary/aromatic N) is 2. The maximum atomic E-state index is 4.02.